The first-order valence-electron chi connectivity index (χ1n) is 12.8. The molecule has 1 aromatic carbocycles. The van der Waals surface area contributed by atoms with Crippen LogP contribution in [0.4, 0.5) is 5.82 Å². The normalized spacial score (nSPS) is 17.3. The van der Waals surface area contributed by atoms with E-state index in [1.54, 1.807) is 25.3 Å². The van der Waals surface area contributed by atoms with Crippen LogP contribution in [0.1, 0.15) is 19.4 Å². The van der Waals surface area contributed by atoms with E-state index in [1.807, 2.05) is 56.4 Å². The van der Waals surface area contributed by atoms with Gasteiger partial charge >= 0.3 is 0 Å². The summed E-state index contributed by atoms with van der Waals surface area (Å²) >= 11 is 0. The molecule has 1 aliphatic rings. The lowest BCUT2D eigenvalue weighted by Crippen LogP contribution is -2.44. The second-order valence-electron chi connectivity index (χ2n) is 10.2. The van der Waals surface area contributed by atoms with Crippen LogP contribution in [-0.4, -0.2) is 84.9 Å². The van der Waals surface area contributed by atoms with Crippen LogP contribution in [0.2, 0.25) is 0 Å². The zero-order valence-corrected chi connectivity index (χ0v) is 23.3. The Morgan fingerprint density at radius 1 is 1.16 bits per heavy atom. The van der Waals surface area contributed by atoms with Crippen molar-refractivity contribution in [2.24, 2.45) is 0 Å². The molecule has 1 fully saturated rings. The summed E-state index contributed by atoms with van der Waals surface area (Å²) in [7, 11) is 0.229. The molecule has 9 nitrogen and oxygen atoms in total. The first-order valence-corrected chi connectivity index (χ1v) is 14.4. The fraction of sp³-hybridized carbons (Fsp3) is 0.393. The molecule has 4 aromatic rings. The van der Waals surface area contributed by atoms with Crippen molar-refractivity contribution in [3.63, 3.8) is 0 Å². The number of H-pyrrole nitrogens is 1. The smallest absolute Gasteiger partial charge is 0.182 e. The maximum absolute atomic E-state index is 13.4. The lowest BCUT2D eigenvalue weighted by Gasteiger charge is -2.34. The van der Waals surface area contributed by atoms with E-state index in [4.69, 9.17) is 14.7 Å². The molecular formula is C28H34N6O3S. The standard InChI is InChI=1S/C28H34N6O3S/c1-18-6-7-21(38(35,36)20(3)16-33(4)5)14-24(18)25-15-26(34-12-13-37-17-19(34)2)32-28(31-25)23-9-11-30-27-22(23)8-10-29-27/h6-11,14-15,19-20H,12-13,16-17H2,1-5H3,(H,29,30)/t19-,20?/m1/s1. The lowest BCUT2D eigenvalue weighted by atomic mass is 10.0. The minimum absolute atomic E-state index is 0.142. The van der Waals surface area contributed by atoms with Crippen LogP contribution in [0, 0.1) is 6.92 Å². The molecule has 0 amide bonds. The summed E-state index contributed by atoms with van der Waals surface area (Å²) in [5.74, 6) is 1.35. The summed E-state index contributed by atoms with van der Waals surface area (Å²) in [6, 6.07) is 11.3. The maximum Gasteiger partial charge on any atom is 0.182 e. The third kappa shape index (κ3) is 5.03. The van der Waals surface area contributed by atoms with Gasteiger partial charge in [0.15, 0.2) is 15.7 Å². The van der Waals surface area contributed by atoms with Crippen molar-refractivity contribution in [1.29, 1.82) is 0 Å². The Hall–Kier alpha value is -3.34. The highest BCUT2D eigenvalue weighted by Crippen LogP contribution is 2.33. The van der Waals surface area contributed by atoms with Gasteiger partial charge in [0.05, 0.1) is 35.1 Å². The fourth-order valence-corrected chi connectivity index (χ4v) is 6.46. The molecule has 3 aromatic heterocycles. The number of fused-ring (bicyclic) bond motifs is 1. The van der Waals surface area contributed by atoms with Gasteiger partial charge in [-0.2, -0.15) is 0 Å². The molecule has 1 saturated heterocycles. The van der Waals surface area contributed by atoms with Crippen molar-refractivity contribution in [1.82, 2.24) is 24.8 Å². The Morgan fingerprint density at radius 2 is 1.97 bits per heavy atom. The van der Waals surface area contributed by atoms with Crippen LogP contribution in [0.5, 0.6) is 0 Å². The number of rotatable bonds is 7. The number of anilines is 1. The number of benzene rings is 1. The Bertz CT molecular complexity index is 1570. The van der Waals surface area contributed by atoms with Crippen molar-refractivity contribution < 1.29 is 13.2 Å². The first-order chi connectivity index (χ1) is 18.1. The summed E-state index contributed by atoms with van der Waals surface area (Å²) in [4.78, 5) is 22.0. The molecule has 1 aliphatic heterocycles. The van der Waals surface area contributed by atoms with Gasteiger partial charge in [0.25, 0.3) is 0 Å². The summed E-state index contributed by atoms with van der Waals surface area (Å²) in [6.07, 6.45) is 3.59. The van der Waals surface area contributed by atoms with E-state index >= 15 is 0 Å². The molecule has 1 unspecified atom stereocenters. The number of pyridine rings is 1. The summed E-state index contributed by atoms with van der Waals surface area (Å²) in [5, 5.41) is 0.383. The summed E-state index contributed by atoms with van der Waals surface area (Å²) in [5.41, 5.74) is 4.02. The number of aryl methyl sites for hydroxylation is 1. The van der Waals surface area contributed by atoms with E-state index in [0.29, 0.717) is 42.7 Å². The average Bonchev–Trinajstić information content (AvgIpc) is 3.37. The minimum atomic E-state index is -3.53. The average molecular weight is 535 g/mol. The summed E-state index contributed by atoms with van der Waals surface area (Å²) in [6.45, 7) is 8.22. The highest BCUT2D eigenvalue weighted by Gasteiger charge is 2.26. The lowest BCUT2D eigenvalue weighted by molar-refractivity contribution is 0.0985. The molecule has 0 bridgehead atoms. The molecular weight excluding hydrogens is 500 g/mol. The predicted octanol–water partition coefficient (Wildman–Crippen LogP) is 3.94. The van der Waals surface area contributed by atoms with Crippen molar-refractivity contribution in [3.8, 4) is 22.6 Å². The van der Waals surface area contributed by atoms with Gasteiger partial charge in [-0.15, -0.1) is 0 Å². The van der Waals surface area contributed by atoms with Gasteiger partial charge in [-0.05, 0) is 64.7 Å². The van der Waals surface area contributed by atoms with Crippen molar-refractivity contribution in [2.45, 2.75) is 37.0 Å². The molecule has 0 saturated carbocycles. The number of hydrogen-bond acceptors (Lipinski definition) is 8. The molecule has 10 heteroatoms. The number of nitrogens with one attached hydrogen (secondary N) is 1. The largest absolute Gasteiger partial charge is 0.377 e. The zero-order chi connectivity index (χ0) is 27.0. The van der Waals surface area contributed by atoms with E-state index in [0.717, 1.165) is 33.5 Å². The Kier molecular flexibility index (Phi) is 7.21. The SMILES string of the molecule is Cc1ccc(S(=O)(=O)C(C)CN(C)C)cc1-c1cc(N2CCOC[C@H]2C)nc(-c2ccnc3[nH]ccc23)n1. The number of sulfone groups is 1. The van der Waals surface area contributed by atoms with Crippen molar-refractivity contribution >= 4 is 26.7 Å². The molecule has 2 atom stereocenters. The van der Waals surface area contributed by atoms with Crippen LogP contribution in [0.15, 0.2) is 53.7 Å². The highest BCUT2D eigenvalue weighted by atomic mass is 32.2. The van der Waals surface area contributed by atoms with Gasteiger partial charge in [-0.3, -0.25) is 0 Å². The Labute approximate surface area is 223 Å². The van der Waals surface area contributed by atoms with E-state index in [9.17, 15) is 8.42 Å². The van der Waals surface area contributed by atoms with Gasteiger partial charge < -0.3 is 19.5 Å². The fourth-order valence-electron chi connectivity index (χ4n) is 4.96. The molecule has 4 heterocycles. The minimum Gasteiger partial charge on any atom is -0.377 e. The quantitative estimate of drug-likeness (QED) is 0.380. The van der Waals surface area contributed by atoms with Crippen LogP contribution in [-0.2, 0) is 14.6 Å². The summed E-state index contributed by atoms with van der Waals surface area (Å²) < 4.78 is 32.5. The van der Waals surface area contributed by atoms with Gasteiger partial charge in [-0.25, -0.2) is 23.4 Å². The number of nitrogens with zero attached hydrogens (tertiary/aromatic N) is 5. The monoisotopic (exact) mass is 534 g/mol. The number of ether oxygens (including phenoxy) is 1. The van der Waals surface area contributed by atoms with Crippen molar-refractivity contribution in [3.05, 3.63) is 54.4 Å². The van der Waals surface area contributed by atoms with Crippen LogP contribution < -0.4 is 4.90 Å². The number of aromatic nitrogens is 4. The first kappa shape index (κ1) is 26.3. The van der Waals surface area contributed by atoms with Gasteiger partial charge in [0.2, 0.25) is 0 Å². The molecule has 0 spiro atoms. The van der Waals surface area contributed by atoms with Gasteiger partial charge in [-0.1, -0.05) is 6.07 Å². The van der Waals surface area contributed by atoms with Gasteiger partial charge in [0, 0.05) is 48.1 Å². The van der Waals surface area contributed by atoms with Crippen LogP contribution >= 0.6 is 0 Å². The Balaban J connectivity index is 1.68. The zero-order valence-electron chi connectivity index (χ0n) is 22.5. The second-order valence-corrected chi connectivity index (χ2v) is 12.6. The molecule has 0 radical (unpaired) electrons. The van der Waals surface area contributed by atoms with E-state index in [2.05, 4.69) is 21.8 Å². The van der Waals surface area contributed by atoms with Crippen LogP contribution in [0.25, 0.3) is 33.7 Å². The number of aromatic amines is 1. The molecule has 1 N–H and O–H groups in total. The van der Waals surface area contributed by atoms with Crippen LogP contribution in [0.3, 0.4) is 0 Å². The number of morpholine rings is 1. The van der Waals surface area contributed by atoms with Gasteiger partial charge in [0.1, 0.15) is 11.5 Å². The second kappa shape index (κ2) is 10.4. The molecule has 200 valence electrons. The maximum atomic E-state index is 13.4. The number of hydrogen-bond donors (Lipinski definition) is 1. The third-order valence-electron chi connectivity index (χ3n) is 7.04. The highest BCUT2D eigenvalue weighted by molar-refractivity contribution is 7.92. The predicted molar refractivity (Wildman–Crippen MR) is 150 cm³/mol. The van der Waals surface area contributed by atoms with E-state index < -0.39 is 15.1 Å². The van der Waals surface area contributed by atoms with E-state index in [1.165, 1.54) is 0 Å². The van der Waals surface area contributed by atoms with E-state index in [-0.39, 0.29) is 6.04 Å². The molecule has 0 aliphatic carbocycles. The molecule has 38 heavy (non-hydrogen) atoms. The topological polar surface area (TPSA) is 104 Å². The third-order valence-corrected chi connectivity index (χ3v) is 9.16. The van der Waals surface area contributed by atoms with Crippen molar-refractivity contribution in [2.75, 3.05) is 45.3 Å². The molecule has 5 rings (SSSR count). The Morgan fingerprint density at radius 3 is 2.74 bits per heavy atom.